The fourth-order valence-electron chi connectivity index (χ4n) is 0.932. The average Bonchev–Trinajstić information content (AvgIpc) is 2.56. The summed E-state index contributed by atoms with van der Waals surface area (Å²) in [6, 6.07) is 0. The molecular formula is C3N6O8. The van der Waals surface area contributed by atoms with Gasteiger partial charge in [-0.2, -0.15) is 0 Å². The topological polar surface area (TPSA) is 190 Å². The van der Waals surface area contributed by atoms with E-state index in [9.17, 15) is 40.5 Å². The molecule has 0 aliphatic rings. The lowest BCUT2D eigenvalue weighted by Crippen LogP contribution is -2.14. The Labute approximate surface area is 88.7 Å². The maximum absolute atomic E-state index is 10.4. The Morgan fingerprint density at radius 3 is 1.71 bits per heavy atom. The van der Waals surface area contributed by atoms with Crippen LogP contribution in [0.3, 0.4) is 0 Å². The van der Waals surface area contributed by atoms with Crippen LogP contribution in [0.1, 0.15) is 0 Å². The van der Waals surface area contributed by atoms with E-state index in [1.165, 1.54) is 0 Å². The van der Waals surface area contributed by atoms with E-state index < -0.39 is 42.1 Å². The predicted molar refractivity (Wildman–Crippen MR) is 44.6 cm³/mol. The van der Waals surface area contributed by atoms with Gasteiger partial charge in [-0.15, -0.1) is 0 Å². The molecule has 0 fully saturated rings. The second kappa shape index (κ2) is 3.76. The molecule has 0 aliphatic heterocycles. The second-order valence-electron chi connectivity index (χ2n) is 2.38. The highest BCUT2D eigenvalue weighted by molar-refractivity contribution is 5.45. The van der Waals surface area contributed by atoms with Crippen molar-refractivity contribution in [3.8, 4) is 0 Å². The van der Waals surface area contributed by atoms with Crippen molar-refractivity contribution in [3.63, 3.8) is 0 Å². The summed E-state index contributed by atoms with van der Waals surface area (Å²) in [5.41, 5.74) is 0. The molecule has 0 saturated heterocycles. The monoisotopic (exact) mass is 248 g/mol. The molecule has 0 saturated carbocycles. The van der Waals surface area contributed by atoms with Gasteiger partial charge in [0.15, 0.2) is 4.68 Å². The minimum Gasteiger partial charge on any atom is -0.389 e. The van der Waals surface area contributed by atoms with Crippen molar-refractivity contribution in [2.75, 3.05) is 0 Å². The molecule has 0 aliphatic carbocycles. The molecule has 1 aromatic rings. The lowest BCUT2D eigenvalue weighted by molar-refractivity contribution is -0.576. The van der Waals surface area contributed by atoms with Crippen molar-refractivity contribution >= 4 is 17.6 Å². The smallest absolute Gasteiger partial charge is 0.389 e. The number of rotatable bonds is 4. The van der Waals surface area contributed by atoms with Crippen molar-refractivity contribution in [3.05, 3.63) is 40.5 Å². The number of hydrogen-bond acceptors (Lipinski definition) is 9. The van der Waals surface area contributed by atoms with Gasteiger partial charge < -0.3 is 30.3 Å². The quantitative estimate of drug-likeness (QED) is 0.505. The zero-order valence-electron chi connectivity index (χ0n) is 7.45. The number of imidazole rings is 1. The van der Waals surface area contributed by atoms with E-state index in [0.717, 1.165) is 0 Å². The van der Waals surface area contributed by atoms with Crippen LogP contribution in [0.25, 0.3) is 0 Å². The molecule has 0 spiro atoms. The predicted octanol–water partition coefficient (Wildman–Crippen LogP) is -0.353. The second-order valence-corrected chi connectivity index (χ2v) is 2.38. The third kappa shape index (κ3) is 1.80. The van der Waals surface area contributed by atoms with Crippen molar-refractivity contribution in [1.82, 2.24) is 9.66 Å². The van der Waals surface area contributed by atoms with Crippen molar-refractivity contribution in [2.45, 2.75) is 0 Å². The molecule has 0 radical (unpaired) electrons. The van der Waals surface area contributed by atoms with Crippen molar-refractivity contribution in [1.29, 1.82) is 0 Å². The highest BCUT2D eigenvalue weighted by Crippen LogP contribution is 2.30. The van der Waals surface area contributed by atoms with E-state index in [2.05, 4.69) is 4.98 Å². The van der Waals surface area contributed by atoms with Gasteiger partial charge in [-0.1, -0.05) is 0 Å². The standard InChI is InChI=1S/C3N6O8/c10-6(11)1-2(7(12)13)5(9(16)17)3(4-1)8(14)15. The number of aromatic nitrogens is 2. The van der Waals surface area contributed by atoms with Gasteiger partial charge >= 0.3 is 17.6 Å². The first kappa shape index (κ1) is 11.9. The molecule has 0 atom stereocenters. The Bertz CT molecular complexity index is 497. The summed E-state index contributed by atoms with van der Waals surface area (Å²) in [6.07, 6.45) is 0. The van der Waals surface area contributed by atoms with Crippen LogP contribution in [0.5, 0.6) is 0 Å². The molecule has 1 heterocycles. The van der Waals surface area contributed by atoms with Crippen LogP contribution in [0.2, 0.25) is 0 Å². The highest BCUT2D eigenvalue weighted by Gasteiger charge is 2.46. The summed E-state index contributed by atoms with van der Waals surface area (Å²) >= 11 is 0. The van der Waals surface area contributed by atoms with Gasteiger partial charge in [0.05, 0.1) is 0 Å². The SMILES string of the molecule is O=[N+]([O-])c1nc([N+](=O)[O-])n([N+](=O)[O-])c1[N+](=O)[O-]. The molecular weight excluding hydrogens is 248 g/mol. The van der Waals surface area contributed by atoms with Gasteiger partial charge in [0.25, 0.3) is 5.03 Å². The van der Waals surface area contributed by atoms with Gasteiger partial charge in [0.2, 0.25) is 0 Å². The third-order valence-corrected chi connectivity index (χ3v) is 1.47. The minimum atomic E-state index is -1.69. The van der Waals surface area contributed by atoms with Crippen LogP contribution in [0.15, 0.2) is 0 Å². The summed E-state index contributed by atoms with van der Waals surface area (Å²) in [6.45, 7) is 0. The fraction of sp³-hybridized carbons (Fsp3) is 0. The molecule has 0 unspecified atom stereocenters. The number of nitro groups is 4. The summed E-state index contributed by atoms with van der Waals surface area (Å²) < 4.78 is -0.669. The molecule has 0 N–H and O–H groups in total. The van der Waals surface area contributed by atoms with Crippen molar-refractivity contribution in [2.24, 2.45) is 0 Å². The average molecular weight is 248 g/mol. The van der Waals surface area contributed by atoms with E-state index in [1.807, 2.05) is 0 Å². The molecule has 1 rings (SSSR count). The number of hydrogen-bond donors (Lipinski definition) is 0. The van der Waals surface area contributed by atoms with Crippen LogP contribution in [-0.2, 0) is 0 Å². The van der Waals surface area contributed by atoms with Crippen LogP contribution in [0, 0.1) is 40.5 Å². The van der Waals surface area contributed by atoms with E-state index >= 15 is 0 Å². The van der Waals surface area contributed by atoms with Gasteiger partial charge in [-0.3, -0.25) is 0 Å². The van der Waals surface area contributed by atoms with E-state index in [4.69, 9.17) is 0 Å². The lowest BCUT2D eigenvalue weighted by atomic mass is 10.7. The summed E-state index contributed by atoms with van der Waals surface area (Å²) in [5.74, 6) is -4.88. The Kier molecular flexibility index (Phi) is 2.63. The zero-order valence-corrected chi connectivity index (χ0v) is 7.45. The van der Waals surface area contributed by atoms with Gasteiger partial charge in [-0.05, 0) is 14.8 Å². The Hall–Kier alpha value is -3.19. The first-order valence-corrected chi connectivity index (χ1v) is 3.48. The van der Waals surface area contributed by atoms with Gasteiger partial charge in [-0.25, -0.2) is 10.1 Å². The maximum atomic E-state index is 10.4. The number of nitrogens with zero attached hydrogens (tertiary/aromatic N) is 6. The summed E-state index contributed by atoms with van der Waals surface area (Å²) in [7, 11) is 0. The Balaban J connectivity index is 3.73. The largest absolute Gasteiger partial charge is 0.537 e. The van der Waals surface area contributed by atoms with Crippen LogP contribution >= 0.6 is 0 Å². The first-order chi connectivity index (χ1) is 7.77. The lowest BCUT2D eigenvalue weighted by Gasteiger charge is -1.92. The van der Waals surface area contributed by atoms with E-state index in [1.54, 1.807) is 0 Å². The summed E-state index contributed by atoms with van der Waals surface area (Å²) in [5, 5.41) is 39.9. The Morgan fingerprint density at radius 2 is 1.41 bits per heavy atom. The molecule has 17 heavy (non-hydrogen) atoms. The molecule has 14 nitrogen and oxygen atoms in total. The van der Waals surface area contributed by atoms with Crippen LogP contribution in [0.4, 0.5) is 17.6 Å². The van der Waals surface area contributed by atoms with Crippen LogP contribution < -0.4 is 0 Å². The molecule has 0 aromatic carbocycles. The van der Waals surface area contributed by atoms with Gasteiger partial charge in [0.1, 0.15) is 0 Å². The molecule has 90 valence electrons. The minimum absolute atomic E-state index is 0.669. The molecule has 14 heteroatoms. The first-order valence-electron chi connectivity index (χ1n) is 3.48. The molecule has 0 amide bonds. The molecule has 0 bridgehead atoms. The highest BCUT2D eigenvalue weighted by atomic mass is 16.7. The van der Waals surface area contributed by atoms with Crippen LogP contribution in [-0.4, -0.2) is 29.5 Å². The van der Waals surface area contributed by atoms with Crippen molar-refractivity contribution < 1.29 is 19.8 Å². The fourth-order valence-corrected chi connectivity index (χ4v) is 0.932. The summed E-state index contributed by atoms with van der Waals surface area (Å²) in [4.78, 5) is 39.7. The van der Waals surface area contributed by atoms with Gasteiger partial charge in [0, 0.05) is 4.98 Å². The normalized spacial score (nSPS) is 9.88. The Morgan fingerprint density at radius 1 is 0.882 bits per heavy atom. The third-order valence-electron chi connectivity index (χ3n) is 1.47. The molecule has 1 aromatic heterocycles. The van der Waals surface area contributed by atoms with E-state index in [-0.39, 0.29) is 0 Å². The maximum Gasteiger partial charge on any atom is 0.537 e. The van der Waals surface area contributed by atoms with E-state index in [0.29, 0.717) is 0 Å². The zero-order chi connectivity index (χ0) is 13.3.